The van der Waals surface area contributed by atoms with Crippen LogP contribution in [0.1, 0.15) is 40.4 Å². The third kappa shape index (κ3) is 2.95. The smallest absolute Gasteiger partial charge is 0.335 e. The van der Waals surface area contributed by atoms with Crippen molar-refractivity contribution in [1.82, 2.24) is 14.8 Å². The van der Waals surface area contributed by atoms with E-state index in [0.29, 0.717) is 5.56 Å². The van der Waals surface area contributed by atoms with Gasteiger partial charge in [-0.2, -0.15) is 0 Å². The summed E-state index contributed by atoms with van der Waals surface area (Å²) in [6.45, 7) is 2.80. The molecule has 1 aliphatic heterocycles. The maximum Gasteiger partial charge on any atom is 0.335 e. The number of hydrogen-bond acceptors (Lipinski definition) is 4. The Hall–Kier alpha value is -1.82. The van der Waals surface area contributed by atoms with Gasteiger partial charge in [-0.1, -0.05) is 6.07 Å². The summed E-state index contributed by atoms with van der Waals surface area (Å²) in [5.74, 6) is 1.89. The van der Waals surface area contributed by atoms with Crippen LogP contribution in [0.15, 0.2) is 23.1 Å². The van der Waals surface area contributed by atoms with Gasteiger partial charge >= 0.3 is 5.97 Å². The monoisotopic (exact) mass is 303 g/mol. The first-order chi connectivity index (χ1) is 10.1. The summed E-state index contributed by atoms with van der Waals surface area (Å²) in [5.41, 5.74) is 1.15. The van der Waals surface area contributed by atoms with Crippen molar-refractivity contribution in [3.63, 3.8) is 0 Å². The summed E-state index contributed by atoms with van der Waals surface area (Å²) in [4.78, 5) is 12.1. The molecule has 0 amide bonds. The van der Waals surface area contributed by atoms with Crippen LogP contribution in [0.25, 0.3) is 0 Å². The third-order valence-corrected chi connectivity index (χ3v) is 4.73. The van der Waals surface area contributed by atoms with E-state index in [1.807, 2.05) is 19.1 Å². The zero-order valence-electron chi connectivity index (χ0n) is 11.9. The molecule has 6 heteroatoms. The van der Waals surface area contributed by atoms with E-state index in [4.69, 9.17) is 5.11 Å². The van der Waals surface area contributed by atoms with Crippen LogP contribution in [0.3, 0.4) is 0 Å². The largest absolute Gasteiger partial charge is 0.478 e. The lowest BCUT2D eigenvalue weighted by Crippen LogP contribution is -2.12. The van der Waals surface area contributed by atoms with Gasteiger partial charge in [-0.3, -0.25) is 0 Å². The fraction of sp³-hybridized carbons (Fsp3) is 0.400. The lowest BCUT2D eigenvalue weighted by Gasteiger charge is -2.14. The molecule has 110 valence electrons. The number of carboxylic acid groups (broad SMARTS) is 1. The average molecular weight is 303 g/mol. The number of aryl methyl sites for hydroxylation is 2. The van der Waals surface area contributed by atoms with E-state index in [1.54, 1.807) is 17.8 Å². The molecule has 3 rings (SSSR count). The van der Waals surface area contributed by atoms with E-state index in [1.165, 1.54) is 12.8 Å². The van der Waals surface area contributed by atoms with Crippen molar-refractivity contribution >= 4 is 17.7 Å². The molecule has 0 saturated heterocycles. The van der Waals surface area contributed by atoms with Gasteiger partial charge in [-0.25, -0.2) is 4.79 Å². The lowest BCUT2D eigenvalue weighted by molar-refractivity contribution is 0.0696. The first-order valence-corrected chi connectivity index (χ1v) is 8.01. The summed E-state index contributed by atoms with van der Waals surface area (Å²) in [6.07, 6.45) is 3.37. The molecule has 0 radical (unpaired) electrons. The Morgan fingerprint density at radius 3 is 3.05 bits per heavy atom. The van der Waals surface area contributed by atoms with E-state index in [0.717, 1.165) is 40.8 Å². The Kier molecular flexibility index (Phi) is 3.96. The number of carbonyl (C=O) groups is 1. The Morgan fingerprint density at radius 1 is 1.38 bits per heavy atom. The maximum absolute atomic E-state index is 11.2. The average Bonchev–Trinajstić information content (AvgIpc) is 2.89. The predicted molar refractivity (Wildman–Crippen MR) is 80.7 cm³/mol. The number of hydrogen-bond donors (Lipinski definition) is 1. The van der Waals surface area contributed by atoms with Crippen LogP contribution in [-0.2, 0) is 18.7 Å². The molecule has 0 spiro atoms. The fourth-order valence-electron chi connectivity index (χ4n) is 2.54. The molecule has 1 aromatic carbocycles. The van der Waals surface area contributed by atoms with Crippen LogP contribution >= 0.6 is 11.8 Å². The van der Waals surface area contributed by atoms with Crippen molar-refractivity contribution < 1.29 is 9.90 Å². The Balaban J connectivity index is 1.75. The number of fused-ring (bicyclic) bond motifs is 1. The molecule has 0 saturated carbocycles. The molecule has 5 nitrogen and oxygen atoms in total. The molecule has 2 heterocycles. The van der Waals surface area contributed by atoms with Gasteiger partial charge in [-0.05, 0) is 37.5 Å². The molecule has 1 N–H and O–H groups in total. The van der Waals surface area contributed by atoms with Gasteiger partial charge in [0.2, 0.25) is 0 Å². The van der Waals surface area contributed by atoms with Crippen LogP contribution in [0.4, 0.5) is 0 Å². The zero-order valence-corrected chi connectivity index (χ0v) is 12.7. The summed E-state index contributed by atoms with van der Waals surface area (Å²) in [6, 6.07) is 5.54. The van der Waals surface area contributed by atoms with E-state index in [-0.39, 0.29) is 0 Å². The highest BCUT2D eigenvalue weighted by Crippen LogP contribution is 2.26. The van der Waals surface area contributed by atoms with Gasteiger partial charge in [0.25, 0.3) is 0 Å². The molecule has 1 aliphatic rings. The molecular formula is C15H17N3O2S. The first-order valence-electron chi connectivity index (χ1n) is 7.03. The second-order valence-corrected chi connectivity index (χ2v) is 6.26. The zero-order chi connectivity index (χ0) is 14.8. The molecule has 2 aromatic rings. The number of thioether (sulfide) groups is 1. The Bertz CT molecular complexity index is 682. The highest BCUT2D eigenvalue weighted by molar-refractivity contribution is 7.98. The second kappa shape index (κ2) is 5.89. The van der Waals surface area contributed by atoms with Crippen molar-refractivity contribution in [2.45, 2.75) is 43.4 Å². The number of aromatic carboxylic acids is 1. The van der Waals surface area contributed by atoms with Gasteiger partial charge in [0, 0.05) is 17.9 Å². The molecular weight excluding hydrogens is 286 g/mol. The van der Waals surface area contributed by atoms with Crippen LogP contribution in [0.5, 0.6) is 0 Å². The van der Waals surface area contributed by atoms with Gasteiger partial charge in [-0.15, -0.1) is 22.0 Å². The summed E-state index contributed by atoms with van der Waals surface area (Å²) in [5, 5.41) is 17.7. The quantitative estimate of drug-likeness (QED) is 0.880. The number of carboxylic acids is 1. The highest BCUT2D eigenvalue weighted by atomic mass is 32.2. The summed E-state index contributed by atoms with van der Waals surface area (Å²) < 4.78 is 2.20. The van der Waals surface area contributed by atoms with Gasteiger partial charge in [0.15, 0.2) is 0 Å². The first kappa shape index (κ1) is 14.1. The number of rotatable bonds is 4. The van der Waals surface area contributed by atoms with Crippen molar-refractivity contribution in [3.05, 3.63) is 41.0 Å². The molecule has 0 unspecified atom stereocenters. The molecule has 0 bridgehead atoms. The number of aromatic nitrogens is 3. The minimum absolute atomic E-state index is 0.364. The van der Waals surface area contributed by atoms with E-state index < -0.39 is 5.97 Å². The van der Waals surface area contributed by atoms with Crippen molar-refractivity contribution in [1.29, 1.82) is 0 Å². The molecule has 0 aliphatic carbocycles. The highest BCUT2D eigenvalue weighted by Gasteiger charge is 2.16. The minimum atomic E-state index is -0.880. The van der Waals surface area contributed by atoms with E-state index in [2.05, 4.69) is 14.8 Å². The summed E-state index contributed by atoms with van der Waals surface area (Å²) in [7, 11) is 0. The molecule has 1 aromatic heterocycles. The van der Waals surface area contributed by atoms with Gasteiger partial charge in [0.05, 0.1) is 11.3 Å². The minimum Gasteiger partial charge on any atom is -0.478 e. The second-order valence-electron chi connectivity index (χ2n) is 5.21. The number of benzene rings is 1. The molecule has 21 heavy (non-hydrogen) atoms. The normalized spacial score (nSPS) is 14.0. The van der Waals surface area contributed by atoms with Crippen LogP contribution in [0.2, 0.25) is 0 Å². The van der Waals surface area contributed by atoms with Gasteiger partial charge < -0.3 is 9.67 Å². The lowest BCUT2D eigenvalue weighted by atomic mass is 10.1. The SMILES string of the molecule is Cc1ccc(SCc2nnc3n2CCCC3)cc1C(=O)O. The van der Waals surface area contributed by atoms with Crippen molar-refractivity contribution in [3.8, 4) is 0 Å². The third-order valence-electron chi connectivity index (χ3n) is 3.74. The van der Waals surface area contributed by atoms with Crippen LogP contribution in [0, 0.1) is 6.92 Å². The fourth-order valence-corrected chi connectivity index (χ4v) is 3.42. The Morgan fingerprint density at radius 2 is 2.24 bits per heavy atom. The number of nitrogens with zero attached hydrogens (tertiary/aromatic N) is 3. The van der Waals surface area contributed by atoms with E-state index >= 15 is 0 Å². The topological polar surface area (TPSA) is 68.0 Å². The Labute approximate surface area is 127 Å². The molecule has 0 fully saturated rings. The standard InChI is InChI=1S/C15H17N3O2S/c1-10-5-6-11(8-12(10)15(19)20)21-9-14-17-16-13-4-2-3-7-18(13)14/h5-6,8H,2-4,7,9H2,1H3,(H,19,20). The van der Waals surface area contributed by atoms with Gasteiger partial charge in [0.1, 0.15) is 11.6 Å². The van der Waals surface area contributed by atoms with Crippen LogP contribution < -0.4 is 0 Å². The predicted octanol–water partition coefficient (Wildman–Crippen LogP) is 2.91. The molecule has 0 atom stereocenters. The van der Waals surface area contributed by atoms with Crippen LogP contribution in [-0.4, -0.2) is 25.8 Å². The summed E-state index contributed by atoms with van der Waals surface area (Å²) >= 11 is 1.60. The van der Waals surface area contributed by atoms with E-state index in [9.17, 15) is 4.79 Å². The van der Waals surface area contributed by atoms with Crippen molar-refractivity contribution in [2.75, 3.05) is 0 Å². The maximum atomic E-state index is 11.2. The van der Waals surface area contributed by atoms with Crippen molar-refractivity contribution in [2.24, 2.45) is 0 Å².